The number of carbonyl (C=O) groups excluding carboxylic acids is 2. The summed E-state index contributed by atoms with van der Waals surface area (Å²) in [5, 5.41) is 3.35. The van der Waals surface area contributed by atoms with Crippen LogP contribution in [0.1, 0.15) is 26.2 Å². The minimum Gasteiger partial charge on any atom is -0.340 e. The van der Waals surface area contributed by atoms with Gasteiger partial charge in [0.15, 0.2) is 5.78 Å². The highest BCUT2D eigenvalue weighted by Gasteiger charge is 2.24. The number of ketones is 1. The normalized spacial score (nSPS) is 25.9. The van der Waals surface area contributed by atoms with Gasteiger partial charge < -0.3 is 10.2 Å². The van der Waals surface area contributed by atoms with E-state index in [1.165, 1.54) is 6.42 Å². The van der Waals surface area contributed by atoms with Gasteiger partial charge in [-0.1, -0.05) is 6.42 Å². The number of nitrogens with zero attached hydrogens (tertiary/aromatic N) is 2. The molecule has 0 aromatic rings. The zero-order chi connectivity index (χ0) is 13.7. The van der Waals surface area contributed by atoms with Crippen molar-refractivity contribution in [1.82, 2.24) is 15.1 Å². The molecule has 0 bridgehead atoms. The van der Waals surface area contributed by atoms with Gasteiger partial charge in [0, 0.05) is 45.6 Å². The van der Waals surface area contributed by atoms with Crippen molar-refractivity contribution in [2.45, 2.75) is 26.2 Å². The van der Waals surface area contributed by atoms with E-state index in [9.17, 15) is 9.59 Å². The van der Waals surface area contributed by atoms with Crippen LogP contribution >= 0.6 is 0 Å². The number of carbonyl (C=O) groups is 2. The molecule has 0 saturated carbocycles. The second-order valence-electron chi connectivity index (χ2n) is 5.65. The lowest BCUT2D eigenvalue weighted by molar-refractivity contribution is -0.131. The second-order valence-corrected chi connectivity index (χ2v) is 5.65. The van der Waals surface area contributed by atoms with Crippen LogP contribution < -0.4 is 5.32 Å². The summed E-state index contributed by atoms with van der Waals surface area (Å²) in [4.78, 5) is 27.6. The standard InChI is InChI=1S/C14H25N3O2/c1-12(18)17-8-6-16(7-9-17)11-14(19)13-4-2-3-5-15-10-13/h13,15H,2-11H2,1H3. The molecule has 19 heavy (non-hydrogen) atoms. The maximum atomic E-state index is 12.3. The number of nitrogens with one attached hydrogen (secondary N) is 1. The lowest BCUT2D eigenvalue weighted by atomic mass is 9.98. The van der Waals surface area contributed by atoms with Crippen LogP contribution in [0, 0.1) is 5.92 Å². The van der Waals surface area contributed by atoms with Crippen LogP contribution in [0.5, 0.6) is 0 Å². The molecule has 5 heteroatoms. The smallest absolute Gasteiger partial charge is 0.219 e. The summed E-state index contributed by atoms with van der Waals surface area (Å²) < 4.78 is 0. The predicted molar refractivity (Wildman–Crippen MR) is 73.9 cm³/mol. The van der Waals surface area contributed by atoms with Gasteiger partial charge in [-0.25, -0.2) is 0 Å². The predicted octanol–water partition coefficient (Wildman–Crippen LogP) is 0.109. The van der Waals surface area contributed by atoms with E-state index in [0.717, 1.165) is 52.1 Å². The van der Waals surface area contributed by atoms with E-state index in [0.29, 0.717) is 12.3 Å². The molecule has 1 N–H and O–H groups in total. The number of rotatable bonds is 3. The molecule has 2 aliphatic heterocycles. The Hall–Kier alpha value is -0.940. The van der Waals surface area contributed by atoms with Crippen LogP contribution in [0.25, 0.3) is 0 Å². The highest BCUT2D eigenvalue weighted by molar-refractivity contribution is 5.83. The van der Waals surface area contributed by atoms with Crippen molar-refractivity contribution in [3.05, 3.63) is 0 Å². The quantitative estimate of drug-likeness (QED) is 0.788. The number of piperazine rings is 1. The molecule has 1 amide bonds. The van der Waals surface area contributed by atoms with E-state index in [-0.39, 0.29) is 11.8 Å². The summed E-state index contributed by atoms with van der Waals surface area (Å²) in [5.41, 5.74) is 0. The average Bonchev–Trinajstić information content (AvgIpc) is 2.68. The topological polar surface area (TPSA) is 52.7 Å². The first-order chi connectivity index (χ1) is 9.16. The largest absolute Gasteiger partial charge is 0.340 e. The molecule has 0 aromatic carbocycles. The third kappa shape index (κ3) is 4.28. The Morgan fingerprint density at radius 2 is 1.89 bits per heavy atom. The van der Waals surface area contributed by atoms with Crippen molar-refractivity contribution in [1.29, 1.82) is 0 Å². The van der Waals surface area contributed by atoms with E-state index < -0.39 is 0 Å². The van der Waals surface area contributed by atoms with Crippen molar-refractivity contribution in [2.24, 2.45) is 5.92 Å². The molecule has 0 aromatic heterocycles. The van der Waals surface area contributed by atoms with E-state index in [1.54, 1.807) is 6.92 Å². The first kappa shape index (κ1) is 14.5. The lowest BCUT2D eigenvalue weighted by Gasteiger charge is -2.34. The van der Waals surface area contributed by atoms with Gasteiger partial charge in [-0.3, -0.25) is 14.5 Å². The Morgan fingerprint density at radius 1 is 1.16 bits per heavy atom. The summed E-state index contributed by atoms with van der Waals surface area (Å²) in [6.45, 7) is 7.21. The minimum atomic E-state index is 0.138. The molecule has 2 saturated heterocycles. The fourth-order valence-corrected chi connectivity index (χ4v) is 2.86. The molecular weight excluding hydrogens is 242 g/mol. The van der Waals surface area contributed by atoms with Gasteiger partial charge in [0.1, 0.15) is 0 Å². The molecule has 5 nitrogen and oxygen atoms in total. The van der Waals surface area contributed by atoms with Crippen LogP contribution in [-0.2, 0) is 9.59 Å². The number of hydrogen-bond acceptors (Lipinski definition) is 4. The fraction of sp³-hybridized carbons (Fsp3) is 0.857. The summed E-state index contributed by atoms with van der Waals surface area (Å²) in [7, 11) is 0. The SMILES string of the molecule is CC(=O)N1CCN(CC(=O)C2CCCCNC2)CC1. The van der Waals surface area contributed by atoms with Crippen LogP contribution in [0.3, 0.4) is 0 Å². The van der Waals surface area contributed by atoms with E-state index >= 15 is 0 Å². The zero-order valence-electron chi connectivity index (χ0n) is 11.9. The molecule has 2 rings (SSSR count). The zero-order valence-corrected chi connectivity index (χ0v) is 11.9. The minimum absolute atomic E-state index is 0.138. The molecular formula is C14H25N3O2. The maximum absolute atomic E-state index is 12.3. The molecule has 2 aliphatic rings. The lowest BCUT2D eigenvalue weighted by Crippen LogP contribution is -2.50. The van der Waals surface area contributed by atoms with Crippen molar-refractivity contribution in [3.8, 4) is 0 Å². The number of Topliss-reactive ketones (excluding diaryl/α,β-unsaturated/α-hetero) is 1. The molecule has 0 radical (unpaired) electrons. The van der Waals surface area contributed by atoms with Crippen molar-refractivity contribution in [2.75, 3.05) is 45.8 Å². The van der Waals surface area contributed by atoms with Gasteiger partial charge in [-0.15, -0.1) is 0 Å². The van der Waals surface area contributed by atoms with Crippen LogP contribution in [-0.4, -0.2) is 67.3 Å². The summed E-state index contributed by atoms with van der Waals surface area (Å²) in [5.74, 6) is 0.693. The Bertz CT molecular complexity index is 317. The number of hydrogen-bond donors (Lipinski definition) is 1. The first-order valence-corrected chi connectivity index (χ1v) is 7.38. The van der Waals surface area contributed by atoms with Crippen LogP contribution in [0.15, 0.2) is 0 Å². The van der Waals surface area contributed by atoms with E-state index in [2.05, 4.69) is 10.2 Å². The molecule has 108 valence electrons. The Morgan fingerprint density at radius 3 is 2.58 bits per heavy atom. The van der Waals surface area contributed by atoms with Gasteiger partial charge in [-0.2, -0.15) is 0 Å². The van der Waals surface area contributed by atoms with Crippen LogP contribution in [0.4, 0.5) is 0 Å². The number of amides is 1. The summed E-state index contributed by atoms with van der Waals surface area (Å²) in [6.07, 6.45) is 3.36. The first-order valence-electron chi connectivity index (χ1n) is 7.38. The Balaban J connectivity index is 1.75. The second kappa shape index (κ2) is 7.01. The van der Waals surface area contributed by atoms with Gasteiger partial charge in [0.25, 0.3) is 0 Å². The van der Waals surface area contributed by atoms with E-state index in [1.807, 2.05) is 4.90 Å². The Labute approximate surface area is 115 Å². The van der Waals surface area contributed by atoms with E-state index in [4.69, 9.17) is 0 Å². The van der Waals surface area contributed by atoms with Gasteiger partial charge in [0.2, 0.25) is 5.91 Å². The average molecular weight is 267 g/mol. The molecule has 2 fully saturated rings. The van der Waals surface area contributed by atoms with Gasteiger partial charge in [0.05, 0.1) is 6.54 Å². The summed E-state index contributed by atoms with van der Waals surface area (Å²) in [6, 6.07) is 0. The summed E-state index contributed by atoms with van der Waals surface area (Å²) >= 11 is 0. The third-order valence-corrected chi connectivity index (χ3v) is 4.20. The molecule has 1 unspecified atom stereocenters. The molecule has 1 atom stereocenters. The van der Waals surface area contributed by atoms with Gasteiger partial charge >= 0.3 is 0 Å². The van der Waals surface area contributed by atoms with Crippen LogP contribution in [0.2, 0.25) is 0 Å². The molecule has 2 heterocycles. The third-order valence-electron chi connectivity index (χ3n) is 4.20. The monoisotopic (exact) mass is 267 g/mol. The van der Waals surface area contributed by atoms with Crippen molar-refractivity contribution in [3.63, 3.8) is 0 Å². The van der Waals surface area contributed by atoms with Crippen molar-refractivity contribution < 1.29 is 9.59 Å². The highest BCUT2D eigenvalue weighted by Crippen LogP contribution is 2.13. The maximum Gasteiger partial charge on any atom is 0.219 e. The van der Waals surface area contributed by atoms with Crippen molar-refractivity contribution >= 4 is 11.7 Å². The molecule has 0 spiro atoms. The highest BCUT2D eigenvalue weighted by atomic mass is 16.2. The fourth-order valence-electron chi connectivity index (χ4n) is 2.86. The Kier molecular flexibility index (Phi) is 5.34. The molecule has 0 aliphatic carbocycles. The van der Waals surface area contributed by atoms with Gasteiger partial charge in [-0.05, 0) is 19.4 Å².